The smallest absolute Gasteiger partial charge is 0.264 e. The van der Waals surface area contributed by atoms with E-state index in [2.05, 4.69) is 20.8 Å². The third-order valence-electron chi connectivity index (χ3n) is 6.09. The molecule has 1 saturated heterocycles. The summed E-state index contributed by atoms with van der Waals surface area (Å²) in [6, 6.07) is 7.04. The maximum atomic E-state index is 13.5. The van der Waals surface area contributed by atoms with Gasteiger partial charge in [-0.15, -0.1) is 11.3 Å². The summed E-state index contributed by atoms with van der Waals surface area (Å²) in [6.07, 6.45) is 2.63. The maximum absolute atomic E-state index is 13.5. The Hall–Kier alpha value is -2.66. The Labute approximate surface area is 202 Å². The molecule has 1 aliphatic rings. The number of nitrogens with zero attached hydrogens (tertiary/aromatic N) is 3. The molecule has 0 saturated carbocycles. The highest BCUT2D eigenvalue weighted by atomic mass is 32.1. The summed E-state index contributed by atoms with van der Waals surface area (Å²) in [4.78, 5) is 25.3. The molecule has 2 aromatic heterocycles. The summed E-state index contributed by atoms with van der Waals surface area (Å²) < 4.78 is 24.1. The Morgan fingerprint density at radius 2 is 2.12 bits per heavy atom. The van der Waals surface area contributed by atoms with Crippen LogP contribution in [0.25, 0.3) is 10.2 Å². The van der Waals surface area contributed by atoms with Gasteiger partial charge in [0, 0.05) is 32.8 Å². The van der Waals surface area contributed by atoms with Gasteiger partial charge in [0.15, 0.2) is 5.82 Å². The van der Waals surface area contributed by atoms with Gasteiger partial charge in [0.25, 0.3) is 5.91 Å². The summed E-state index contributed by atoms with van der Waals surface area (Å²) in [6.45, 7) is 2.81. The first-order chi connectivity index (χ1) is 16.4. The summed E-state index contributed by atoms with van der Waals surface area (Å²) in [5.41, 5.74) is 8.33. The standard InChI is InChI=1S/C24H30FN5O3S/c1-14-20-22(33-4)26-19(13-32-3)27-23(20)34-21(14)24(31)30(2)10-6-9-17-12-18(29-28-17)15-7-5-8-16(25)11-15/h5,7-8,11,17-18,28-29H,6,9-10,12-13H2,1-4H3. The third-order valence-corrected chi connectivity index (χ3v) is 7.26. The van der Waals surface area contributed by atoms with Crippen LogP contribution in [0.15, 0.2) is 24.3 Å². The molecule has 1 amide bonds. The normalized spacial score (nSPS) is 17.9. The summed E-state index contributed by atoms with van der Waals surface area (Å²) in [5, 5.41) is 0.772. The Morgan fingerprint density at radius 3 is 2.85 bits per heavy atom. The second kappa shape index (κ2) is 10.7. The summed E-state index contributed by atoms with van der Waals surface area (Å²) in [5.74, 6) is 0.721. The van der Waals surface area contributed by atoms with E-state index in [9.17, 15) is 9.18 Å². The van der Waals surface area contributed by atoms with Gasteiger partial charge in [0.1, 0.15) is 17.3 Å². The zero-order valence-electron chi connectivity index (χ0n) is 19.9. The first-order valence-electron chi connectivity index (χ1n) is 11.3. The maximum Gasteiger partial charge on any atom is 0.264 e. The number of ether oxygens (including phenoxy) is 2. The van der Waals surface area contributed by atoms with Gasteiger partial charge in [-0.2, -0.15) is 4.98 Å². The lowest BCUT2D eigenvalue weighted by molar-refractivity contribution is 0.0796. The molecule has 1 aromatic carbocycles. The van der Waals surface area contributed by atoms with Crippen molar-refractivity contribution in [1.29, 1.82) is 0 Å². The molecule has 2 unspecified atom stereocenters. The first kappa shape index (κ1) is 24.5. The fourth-order valence-electron chi connectivity index (χ4n) is 4.29. The minimum absolute atomic E-state index is 0.0361. The molecule has 182 valence electrons. The molecule has 10 heteroatoms. The quantitative estimate of drug-likeness (QED) is 0.475. The number of rotatable bonds is 9. The van der Waals surface area contributed by atoms with E-state index in [0.717, 1.165) is 40.6 Å². The number of halogens is 1. The average Bonchev–Trinajstić information content (AvgIpc) is 3.43. The second-order valence-corrected chi connectivity index (χ2v) is 9.52. The van der Waals surface area contributed by atoms with Crippen molar-refractivity contribution < 1.29 is 18.7 Å². The molecule has 8 nitrogen and oxygen atoms in total. The van der Waals surface area contributed by atoms with Gasteiger partial charge in [0.2, 0.25) is 5.88 Å². The van der Waals surface area contributed by atoms with E-state index in [0.29, 0.717) is 23.1 Å². The number of nitrogens with one attached hydrogen (secondary N) is 2. The number of amides is 1. The van der Waals surface area contributed by atoms with Crippen molar-refractivity contribution in [2.24, 2.45) is 0 Å². The number of carbonyl (C=O) groups is 1. The molecule has 1 aliphatic heterocycles. The Balaban J connectivity index is 1.36. The highest BCUT2D eigenvalue weighted by Gasteiger charge is 2.26. The van der Waals surface area contributed by atoms with E-state index in [1.54, 1.807) is 31.3 Å². The molecule has 0 spiro atoms. The highest BCUT2D eigenvalue weighted by molar-refractivity contribution is 7.20. The van der Waals surface area contributed by atoms with Gasteiger partial charge in [-0.25, -0.2) is 9.37 Å². The summed E-state index contributed by atoms with van der Waals surface area (Å²) >= 11 is 1.36. The molecule has 4 rings (SSSR count). The van der Waals surface area contributed by atoms with Crippen molar-refractivity contribution in [3.63, 3.8) is 0 Å². The largest absolute Gasteiger partial charge is 0.480 e. The van der Waals surface area contributed by atoms with Crippen molar-refractivity contribution in [2.75, 3.05) is 27.8 Å². The predicted octanol–water partition coefficient (Wildman–Crippen LogP) is 3.75. The molecule has 0 aliphatic carbocycles. The van der Waals surface area contributed by atoms with E-state index in [4.69, 9.17) is 9.47 Å². The minimum atomic E-state index is -0.224. The number of carbonyl (C=O) groups excluding carboxylic acids is 1. The number of fused-ring (bicyclic) bond motifs is 1. The van der Waals surface area contributed by atoms with E-state index in [1.807, 2.05) is 20.0 Å². The van der Waals surface area contributed by atoms with Crippen LogP contribution in [0.4, 0.5) is 4.39 Å². The number of hydrazine groups is 1. The van der Waals surface area contributed by atoms with Gasteiger partial charge >= 0.3 is 0 Å². The van der Waals surface area contributed by atoms with Crippen molar-refractivity contribution >= 4 is 27.5 Å². The first-order valence-corrected chi connectivity index (χ1v) is 12.1. The van der Waals surface area contributed by atoms with Crippen LogP contribution >= 0.6 is 11.3 Å². The van der Waals surface area contributed by atoms with Crippen LogP contribution < -0.4 is 15.6 Å². The van der Waals surface area contributed by atoms with Gasteiger partial charge in [-0.1, -0.05) is 12.1 Å². The molecular weight excluding hydrogens is 457 g/mol. The number of aromatic nitrogens is 2. The zero-order valence-corrected chi connectivity index (χ0v) is 20.7. The highest BCUT2D eigenvalue weighted by Crippen LogP contribution is 2.35. The average molecular weight is 488 g/mol. The van der Waals surface area contributed by atoms with E-state index in [-0.39, 0.29) is 30.4 Å². The van der Waals surface area contributed by atoms with Crippen LogP contribution in [0.5, 0.6) is 5.88 Å². The van der Waals surface area contributed by atoms with Gasteiger partial charge in [-0.05, 0) is 49.4 Å². The van der Waals surface area contributed by atoms with Gasteiger partial charge in [0.05, 0.1) is 17.4 Å². The lowest BCUT2D eigenvalue weighted by Gasteiger charge is -2.18. The molecule has 3 heterocycles. The Bertz CT molecular complexity index is 1170. The Morgan fingerprint density at radius 1 is 1.29 bits per heavy atom. The van der Waals surface area contributed by atoms with Crippen molar-refractivity contribution in [2.45, 2.75) is 44.9 Å². The topological polar surface area (TPSA) is 88.6 Å². The molecule has 34 heavy (non-hydrogen) atoms. The number of thiophene rings is 1. The van der Waals surface area contributed by atoms with Crippen LogP contribution in [0.2, 0.25) is 0 Å². The monoisotopic (exact) mass is 487 g/mol. The van der Waals surface area contributed by atoms with Gasteiger partial charge in [-0.3, -0.25) is 15.6 Å². The van der Waals surface area contributed by atoms with Crippen LogP contribution in [0, 0.1) is 12.7 Å². The zero-order chi connectivity index (χ0) is 24.2. The second-order valence-electron chi connectivity index (χ2n) is 8.52. The molecule has 1 fully saturated rings. The molecular formula is C24H30FN5O3S. The van der Waals surface area contributed by atoms with Crippen molar-refractivity contribution in [3.8, 4) is 5.88 Å². The lowest BCUT2D eigenvalue weighted by Crippen LogP contribution is -2.32. The lowest BCUT2D eigenvalue weighted by atomic mass is 9.99. The molecule has 2 N–H and O–H groups in total. The van der Waals surface area contributed by atoms with E-state index >= 15 is 0 Å². The molecule has 0 bridgehead atoms. The number of benzene rings is 1. The Kier molecular flexibility index (Phi) is 7.72. The van der Waals surface area contributed by atoms with Crippen LogP contribution in [0.1, 0.15) is 51.9 Å². The van der Waals surface area contributed by atoms with Crippen molar-refractivity contribution in [1.82, 2.24) is 25.7 Å². The van der Waals surface area contributed by atoms with Crippen LogP contribution in [-0.2, 0) is 11.3 Å². The molecule has 3 aromatic rings. The van der Waals surface area contributed by atoms with Crippen LogP contribution in [-0.4, -0.2) is 54.6 Å². The van der Waals surface area contributed by atoms with Gasteiger partial charge < -0.3 is 14.4 Å². The fraction of sp³-hybridized carbons (Fsp3) is 0.458. The fourth-order valence-corrected chi connectivity index (χ4v) is 5.48. The van der Waals surface area contributed by atoms with E-state index < -0.39 is 0 Å². The SMILES string of the molecule is COCc1nc(OC)c2c(C)c(C(=O)N(C)CCCC3CC(c4cccc(F)c4)NN3)sc2n1. The number of hydrogen-bond acceptors (Lipinski definition) is 8. The summed E-state index contributed by atoms with van der Waals surface area (Å²) in [7, 11) is 4.97. The number of methoxy groups -OCH3 is 2. The van der Waals surface area contributed by atoms with Crippen molar-refractivity contribution in [3.05, 3.63) is 51.9 Å². The van der Waals surface area contributed by atoms with E-state index in [1.165, 1.54) is 17.4 Å². The van der Waals surface area contributed by atoms with Crippen LogP contribution in [0.3, 0.4) is 0 Å². The molecule has 2 atom stereocenters. The third kappa shape index (κ3) is 5.20. The number of hydrogen-bond donors (Lipinski definition) is 2. The minimum Gasteiger partial charge on any atom is -0.480 e. The molecule has 0 radical (unpaired) electrons. The number of aryl methyl sites for hydroxylation is 1. The predicted molar refractivity (Wildman–Crippen MR) is 129 cm³/mol.